The molecule has 30 heavy (non-hydrogen) atoms. The van der Waals surface area contributed by atoms with Crippen LogP contribution in [0.5, 0.6) is 0 Å². The molecular formula is C24H24N4O2. The maximum absolute atomic E-state index is 5.73. The van der Waals surface area contributed by atoms with E-state index in [9.17, 15) is 0 Å². The van der Waals surface area contributed by atoms with Gasteiger partial charge in [0.05, 0.1) is 11.8 Å². The fraction of sp³-hybridized carbons (Fsp3) is 0.292. The van der Waals surface area contributed by atoms with Crippen LogP contribution >= 0.6 is 0 Å². The minimum Gasteiger partial charge on any atom is -0.380 e. The van der Waals surface area contributed by atoms with Crippen LogP contribution in [-0.4, -0.2) is 41.4 Å². The molecule has 0 aliphatic carbocycles. The zero-order chi connectivity index (χ0) is 20.5. The maximum atomic E-state index is 5.73. The smallest absolute Gasteiger partial charge is 0.193 e. The molecule has 6 nitrogen and oxygen atoms in total. The van der Waals surface area contributed by atoms with E-state index < -0.39 is 0 Å². The molecular weight excluding hydrogens is 376 g/mol. The van der Waals surface area contributed by atoms with Gasteiger partial charge in [-0.05, 0) is 38.0 Å². The Morgan fingerprint density at radius 1 is 1.10 bits per heavy atom. The van der Waals surface area contributed by atoms with E-state index in [4.69, 9.17) is 19.2 Å². The van der Waals surface area contributed by atoms with Gasteiger partial charge in [0.15, 0.2) is 5.58 Å². The SMILES string of the molecule is COC1CCCN(c2ncccc2-c2cc(-c3ccccc3)nc3c(C)noc23)C1. The fourth-order valence-corrected chi connectivity index (χ4v) is 4.17. The van der Waals surface area contributed by atoms with Crippen molar-refractivity contribution in [1.82, 2.24) is 15.1 Å². The van der Waals surface area contributed by atoms with Crippen molar-refractivity contribution in [3.63, 3.8) is 0 Å². The number of rotatable bonds is 4. The van der Waals surface area contributed by atoms with Crippen molar-refractivity contribution in [3.8, 4) is 22.4 Å². The van der Waals surface area contributed by atoms with Crippen LogP contribution in [-0.2, 0) is 4.74 Å². The minimum atomic E-state index is 0.221. The fourth-order valence-electron chi connectivity index (χ4n) is 4.17. The van der Waals surface area contributed by atoms with Crippen LogP contribution in [0.1, 0.15) is 18.5 Å². The van der Waals surface area contributed by atoms with Gasteiger partial charge in [-0.3, -0.25) is 0 Å². The Morgan fingerprint density at radius 2 is 1.97 bits per heavy atom. The zero-order valence-electron chi connectivity index (χ0n) is 17.2. The van der Waals surface area contributed by atoms with Gasteiger partial charge in [0.1, 0.15) is 17.0 Å². The second kappa shape index (κ2) is 7.88. The molecule has 4 heterocycles. The lowest BCUT2D eigenvalue weighted by molar-refractivity contribution is 0.0892. The molecule has 4 aromatic rings. The number of benzene rings is 1. The van der Waals surface area contributed by atoms with Crippen molar-refractivity contribution in [2.24, 2.45) is 0 Å². The van der Waals surface area contributed by atoms with E-state index in [-0.39, 0.29) is 6.10 Å². The summed E-state index contributed by atoms with van der Waals surface area (Å²) in [5.74, 6) is 0.944. The lowest BCUT2D eigenvalue weighted by Crippen LogP contribution is -2.39. The number of nitrogens with zero attached hydrogens (tertiary/aromatic N) is 4. The normalized spacial score (nSPS) is 16.9. The van der Waals surface area contributed by atoms with Gasteiger partial charge in [-0.15, -0.1) is 0 Å². The molecule has 1 fully saturated rings. The number of aryl methyl sites for hydroxylation is 1. The number of aromatic nitrogens is 3. The summed E-state index contributed by atoms with van der Waals surface area (Å²) in [7, 11) is 1.78. The molecule has 3 aromatic heterocycles. The highest BCUT2D eigenvalue weighted by molar-refractivity contribution is 5.96. The summed E-state index contributed by atoms with van der Waals surface area (Å²) in [5, 5.41) is 4.19. The standard InChI is InChI=1S/C24H24N4O2/c1-16-22-23(30-27-16)20(14-21(26-22)17-8-4-3-5-9-17)19-11-6-12-25-24(19)28-13-7-10-18(15-28)29-2/h3-6,8-9,11-12,14,18H,7,10,13,15H2,1-2H3. The van der Waals surface area contributed by atoms with Crippen LogP contribution in [0, 0.1) is 6.92 Å². The van der Waals surface area contributed by atoms with Gasteiger partial charge in [0, 0.05) is 43.1 Å². The predicted molar refractivity (Wildman–Crippen MR) is 117 cm³/mol. The quantitative estimate of drug-likeness (QED) is 0.487. The van der Waals surface area contributed by atoms with Crippen LogP contribution in [0.3, 0.4) is 0 Å². The molecule has 1 aliphatic rings. The number of hydrogen-bond acceptors (Lipinski definition) is 6. The molecule has 0 saturated carbocycles. The van der Waals surface area contributed by atoms with E-state index >= 15 is 0 Å². The first kappa shape index (κ1) is 18.8. The third-order valence-electron chi connectivity index (χ3n) is 5.75. The Morgan fingerprint density at radius 3 is 2.80 bits per heavy atom. The van der Waals surface area contributed by atoms with Gasteiger partial charge in [-0.1, -0.05) is 35.5 Å². The molecule has 1 aromatic carbocycles. The third kappa shape index (κ3) is 3.33. The molecule has 6 heteroatoms. The van der Waals surface area contributed by atoms with Crippen LogP contribution in [0.25, 0.3) is 33.5 Å². The van der Waals surface area contributed by atoms with Crippen molar-refractivity contribution in [2.45, 2.75) is 25.9 Å². The van der Waals surface area contributed by atoms with Gasteiger partial charge in [0.25, 0.3) is 0 Å². The molecule has 1 aliphatic heterocycles. The van der Waals surface area contributed by atoms with Crippen molar-refractivity contribution in [1.29, 1.82) is 0 Å². The van der Waals surface area contributed by atoms with Crippen LogP contribution < -0.4 is 4.90 Å². The van der Waals surface area contributed by atoms with E-state index in [1.165, 1.54) is 0 Å². The molecule has 5 rings (SSSR count). The molecule has 0 radical (unpaired) electrons. The second-order valence-corrected chi connectivity index (χ2v) is 7.69. The summed E-state index contributed by atoms with van der Waals surface area (Å²) in [6.45, 7) is 3.71. The largest absolute Gasteiger partial charge is 0.380 e. The first-order chi connectivity index (χ1) is 14.7. The van der Waals surface area contributed by atoms with Crippen molar-refractivity contribution >= 4 is 16.9 Å². The number of methoxy groups -OCH3 is 1. The monoisotopic (exact) mass is 400 g/mol. The lowest BCUT2D eigenvalue weighted by atomic mass is 10.0. The first-order valence-corrected chi connectivity index (χ1v) is 10.3. The summed E-state index contributed by atoms with van der Waals surface area (Å²) in [6.07, 6.45) is 4.22. The number of pyridine rings is 2. The number of ether oxygens (including phenoxy) is 1. The summed E-state index contributed by atoms with van der Waals surface area (Å²) in [6, 6.07) is 16.3. The average molecular weight is 400 g/mol. The highest BCUT2D eigenvalue weighted by Crippen LogP contribution is 2.38. The van der Waals surface area contributed by atoms with Gasteiger partial charge < -0.3 is 14.2 Å². The number of piperidine rings is 1. The second-order valence-electron chi connectivity index (χ2n) is 7.69. The van der Waals surface area contributed by atoms with Crippen LogP contribution in [0.2, 0.25) is 0 Å². The number of fused-ring (bicyclic) bond motifs is 1. The topological polar surface area (TPSA) is 64.3 Å². The first-order valence-electron chi connectivity index (χ1n) is 10.3. The van der Waals surface area contributed by atoms with Crippen molar-refractivity contribution < 1.29 is 9.26 Å². The molecule has 0 spiro atoms. The van der Waals surface area contributed by atoms with Gasteiger partial charge in [-0.2, -0.15) is 0 Å². The Labute approximate surface area is 175 Å². The summed E-state index contributed by atoms with van der Waals surface area (Å²) >= 11 is 0. The highest BCUT2D eigenvalue weighted by Gasteiger charge is 2.25. The van der Waals surface area contributed by atoms with E-state index in [2.05, 4.69) is 34.3 Å². The Bertz CT molecular complexity index is 1170. The molecule has 1 atom stereocenters. The highest BCUT2D eigenvalue weighted by atomic mass is 16.5. The van der Waals surface area contributed by atoms with Crippen molar-refractivity contribution in [2.75, 3.05) is 25.1 Å². The predicted octanol–water partition coefficient (Wildman–Crippen LogP) is 4.88. The molecule has 1 unspecified atom stereocenters. The van der Waals surface area contributed by atoms with Gasteiger partial charge in [0.2, 0.25) is 0 Å². The number of anilines is 1. The summed E-state index contributed by atoms with van der Waals surface area (Å²) in [4.78, 5) is 11.9. The van der Waals surface area contributed by atoms with Gasteiger partial charge >= 0.3 is 0 Å². The Balaban J connectivity index is 1.69. The van der Waals surface area contributed by atoms with Crippen LogP contribution in [0.4, 0.5) is 5.82 Å². The Kier molecular flexibility index (Phi) is 4.93. The molecule has 0 amide bonds. The van der Waals surface area contributed by atoms with E-state index in [0.29, 0.717) is 5.58 Å². The Hall–Kier alpha value is -3.25. The third-order valence-corrected chi connectivity index (χ3v) is 5.75. The van der Waals surface area contributed by atoms with Gasteiger partial charge in [-0.25, -0.2) is 9.97 Å². The average Bonchev–Trinajstić information content (AvgIpc) is 3.20. The van der Waals surface area contributed by atoms with Crippen molar-refractivity contribution in [3.05, 3.63) is 60.4 Å². The lowest BCUT2D eigenvalue weighted by Gasteiger charge is -2.33. The molecule has 1 saturated heterocycles. The van der Waals surface area contributed by atoms with E-state index in [1.807, 2.05) is 37.4 Å². The van der Waals surface area contributed by atoms with Crippen LogP contribution in [0.15, 0.2) is 59.3 Å². The minimum absolute atomic E-state index is 0.221. The molecule has 0 bridgehead atoms. The van der Waals surface area contributed by atoms with E-state index in [1.54, 1.807) is 7.11 Å². The maximum Gasteiger partial charge on any atom is 0.193 e. The summed E-state index contributed by atoms with van der Waals surface area (Å²) < 4.78 is 11.4. The van der Waals surface area contributed by atoms with E-state index in [0.717, 1.165) is 65.3 Å². The zero-order valence-corrected chi connectivity index (χ0v) is 17.2. The molecule has 152 valence electrons. The summed E-state index contributed by atoms with van der Waals surface area (Å²) in [5.41, 5.74) is 6.21. The number of hydrogen-bond donors (Lipinski definition) is 0. The molecule has 0 N–H and O–H groups in total.